The summed E-state index contributed by atoms with van der Waals surface area (Å²) in [6.45, 7) is 14.3. The molecule has 0 spiro atoms. The van der Waals surface area contributed by atoms with Crippen molar-refractivity contribution >= 4 is 15.8 Å². The lowest BCUT2D eigenvalue weighted by atomic mass is 10.3. The van der Waals surface area contributed by atoms with Crippen LogP contribution in [-0.4, -0.2) is 31.6 Å². The van der Waals surface area contributed by atoms with Crippen molar-refractivity contribution in [1.29, 1.82) is 0 Å². The fraction of sp³-hybridized carbons (Fsp3) is 1.00. The maximum atomic E-state index is 2.48. The first-order chi connectivity index (χ1) is 5.91. The third kappa shape index (κ3) is 9.17. The van der Waals surface area contributed by atoms with E-state index in [2.05, 4.69) is 41.0 Å². The molecular formula is C11H26P2. The van der Waals surface area contributed by atoms with E-state index in [9.17, 15) is 0 Å². The molecule has 0 aliphatic rings. The highest BCUT2D eigenvalue weighted by Gasteiger charge is 2.10. The molecule has 0 N–H and O–H groups in total. The lowest BCUT2D eigenvalue weighted by molar-refractivity contribution is 0.743. The molecule has 0 aromatic carbocycles. The Morgan fingerprint density at radius 2 is 1.08 bits per heavy atom. The molecule has 0 amide bonds. The van der Waals surface area contributed by atoms with E-state index in [1.165, 1.54) is 12.3 Å². The van der Waals surface area contributed by atoms with Crippen LogP contribution in [0.15, 0.2) is 0 Å². The Morgan fingerprint density at radius 1 is 0.769 bits per heavy atom. The first-order valence-electron chi connectivity index (χ1n) is 5.29. The largest absolute Gasteiger partial charge is 0.105 e. The van der Waals surface area contributed by atoms with Crippen molar-refractivity contribution in [3.05, 3.63) is 0 Å². The lowest BCUT2D eigenvalue weighted by Crippen LogP contribution is -1.99. The van der Waals surface area contributed by atoms with Crippen LogP contribution in [0.3, 0.4) is 0 Å². The summed E-state index contributed by atoms with van der Waals surface area (Å²) in [4.78, 5) is 0. The molecule has 0 aliphatic carbocycles. The van der Waals surface area contributed by atoms with Crippen LogP contribution in [0.2, 0.25) is 0 Å². The normalized spacial score (nSPS) is 16.6. The van der Waals surface area contributed by atoms with Crippen molar-refractivity contribution < 1.29 is 0 Å². The Labute approximate surface area is 87.4 Å². The molecule has 2 atom stereocenters. The highest BCUT2D eigenvalue weighted by Crippen LogP contribution is 2.48. The molecule has 0 bridgehead atoms. The molecule has 80 valence electrons. The predicted molar refractivity (Wildman–Crippen MR) is 70.0 cm³/mol. The van der Waals surface area contributed by atoms with Crippen molar-refractivity contribution in [3.63, 3.8) is 0 Å². The number of rotatable bonds is 6. The van der Waals surface area contributed by atoms with E-state index >= 15 is 0 Å². The van der Waals surface area contributed by atoms with Gasteiger partial charge in [0.15, 0.2) is 0 Å². The zero-order valence-electron chi connectivity index (χ0n) is 10.2. The van der Waals surface area contributed by atoms with E-state index < -0.39 is 0 Å². The van der Waals surface area contributed by atoms with Gasteiger partial charge in [-0.25, -0.2) is 0 Å². The van der Waals surface area contributed by atoms with Gasteiger partial charge in [-0.05, 0) is 43.4 Å². The van der Waals surface area contributed by atoms with Gasteiger partial charge in [-0.3, -0.25) is 0 Å². The van der Waals surface area contributed by atoms with E-state index in [0.717, 1.165) is 11.8 Å². The van der Waals surface area contributed by atoms with Gasteiger partial charge < -0.3 is 0 Å². The molecule has 2 heteroatoms. The van der Waals surface area contributed by atoms with Crippen LogP contribution in [0.25, 0.3) is 0 Å². The van der Waals surface area contributed by atoms with E-state index in [1.54, 1.807) is 5.90 Å². The molecule has 0 nitrogen and oxygen atoms in total. The molecule has 0 rings (SSSR count). The van der Waals surface area contributed by atoms with Gasteiger partial charge in [-0.15, -0.1) is 15.8 Å². The van der Waals surface area contributed by atoms with E-state index in [0.29, 0.717) is 15.8 Å². The maximum Gasteiger partial charge on any atom is -0.0125 e. The van der Waals surface area contributed by atoms with Crippen LogP contribution in [0.4, 0.5) is 0 Å². The third-order valence-electron chi connectivity index (χ3n) is 1.84. The fourth-order valence-electron chi connectivity index (χ4n) is 1.77. The molecule has 0 radical (unpaired) electrons. The minimum absolute atomic E-state index is 0.339. The Hall–Kier alpha value is 0.860. The van der Waals surface area contributed by atoms with Gasteiger partial charge in [-0.2, -0.15) is 0 Å². The second-order valence-corrected chi connectivity index (χ2v) is 10.3. The standard InChI is InChI=1S/C11H26P2/c1-10(2)7-12(5)9-13(6)8-11(3)4/h10-11H,7-9H2,1-6H3. The monoisotopic (exact) mass is 220 g/mol. The quantitative estimate of drug-likeness (QED) is 0.579. The zero-order valence-corrected chi connectivity index (χ0v) is 12.0. The van der Waals surface area contributed by atoms with Gasteiger partial charge in [0.25, 0.3) is 0 Å². The van der Waals surface area contributed by atoms with Gasteiger partial charge in [0.05, 0.1) is 0 Å². The molecule has 0 aromatic rings. The van der Waals surface area contributed by atoms with E-state index in [4.69, 9.17) is 0 Å². The Morgan fingerprint density at radius 3 is 1.31 bits per heavy atom. The second-order valence-electron chi connectivity index (χ2n) is 5.01. The van der Waals surface area contributed by atoms with Crippen molar-refractivity contribution in [2.75, 3.05) is 31.6 Å². The summed E-state index contributed by atoms with van der Waals surface area (Å²) in [5.41, 5.74) is 0. The third-order valence-corrected chi connectivity index (χ3v) is 8.41. The minimum Gasteiger partial charge on any atom is -0.105 e. The Kier molecular flexibility index (Phi) is 7.67. The van der Waals surface area contributed by atoms with Crippen LogP contribution in [0.1, 0.15) is 27.7 Å². The summed E-state index contributed by atoms with van der Waals surface area (Å²) in [6.07, 6.45) is 2.94. The second kappa shape index (κ2) is 7.19. The lowest BCUT2D eigenvalue weighted by Gasteiger charge is -2.21. The van der Waals surface area contributed by atoms with Crippen LogP contribution in [0.5, 0.6) is 0 Å². The van der Waals surface area contributed by atoms with Gasteiger partial charge in [0.1, 0.15) is 0 Å². The molecule has 2 unspecified atom stereocenters. The van der Waals surface area contributed by atoms with Gasteiger partial charge >= 0.3 is 0 Å². The van der Waals surface area contributed by atoms with E-state index in [1.807, 2.05) is 0 Å². The molecule has 0 heterocycles. The van der Waals surface area contributed by atoms with Crippen molar-refractivity contribution in [2.24, 2.45) is 11.8 Å². The van der Waals surface area contributed by atoms with Crippen LogP contribution in [-0.2, 0) is 0 Å². The zero-order chi connectivity index (χ0) is 10.4. The first kappa shape index (κ1) is 13.9. The molecule has 0 saturated carbocycles. The molecule has 0 aliphatic heterocycles. The summed E-state index contributed by atoms with van der Waals surface area (Å²) < 4.78 is 0. The van der Waals surface area contributed by atoms with E-state index in [-0.39, 0.29) is 0 Å². The highest BCUT2D eigenvalue weighted by atomic mass is 31.2. The van der Waals surface area contributed by atoms with Gasteiger partial charge in [-0.1, -0.05) is 27.7 Å². The topological polar surface area (TPSA) is 0 Å². The van der Waals surface area contributed by atoms with Crippen molar-refractivity contribution in [1.82, 2.24) is 0 Å². The minimum atomic E-state index is 0.339. The summed E-state index contributed by atoms with van der Waals surface area (Å²) >= 11 is 0. The molecule has 0 aromatic heterocycles. The smallest absolute Gasteiger partial charge is 0.0125 e. The predicted octanol–water partition coefficient (Wildman–Crippen LogP) is 4.48. The summed E-state index contributed by atoms with van der Waals surface area (Å²) in [7, 11) is 0.678. The number of hydrogen-bond donors (Lipinski definition) is 0. The average molecular weight is 220 g/mol. The summed E-state index contributed by atoms with van der Waals surface area (Å²) in [6, 6.07) is 0. The van der Waals surface area contributed by atoms with Crippen LogP contribution >= 0.6 is 15.8 Å². The average Bonchev–Trinajstić information content (AvgIpc) is 1.80. The Bertz CT molecular complexity index is 107. The SMILES string of the molecule is CC(C)CP(C)CP(C)CC(C)C. The molecule has 0 fully saturated rings. The molecule has 0 saturated heterocycles. The van der Waals surface area contributed by atoms with Crippen LogP contribution in [0, 0.1) is 11.8 Å². The van der Waals surface area contributed by atoms with Crippen molar-refractivity contribution in [2.45, 2.75) is 27.7 Å². The molecule has 13 heavy (non-hydrogen) atoms. The van der Waals surface area contributed by atoms with Gasteiger partial charge in [0, 0.05) is 0 Å². The highest BCUT2D eigenvalue weighted by molar-refractivity contribution is 7.73. The first-order valence-corrected chi connectivity index (χ1v) is 9.60. The number of hydrogen-bond acceptors (Lipinski definition) is 0. The summed E-state index contributed by atoms with van der Waals surface area (Å²) in [5, 5.41) is 0. The maximum absolute atomic E-state index is 2.48. The van der Waals surface area contributed by atoms with Crippen molar-refractivity contribution in [3.8, 4) is 0 Å². The molecular weight excluding hydrogens is 194 g/mol. The van der Waals surface area contributed by atoms with Crippen LogP contribution < -0.4 is 0 Å². The Balaban J connectivity index is 3.58. The van der Waals surface area contributed by atoms with Gasteiger partial charge in [0.2, 0.25) is 0 Å². The summed E-state index contributed by atoms with van der Waals surface area (Å²) in [5.74, 6) is 3.35. The fourth-order valence-corrected chi connectivity index (χ4v) is 8.49.